The summed E-state index contributed by atoms with van der Waals surface area (Å²) in [5.41, 5.74) is 11.1. The first kappa shape index (κ1) is 28.8. The molecule has 0 saturated carbocycles. The molecule has 0 spiro atoms. The van der Waals surface area contributed by atoms with Crippen LogP contribution in [-0.4, -0.2) is 9.13 Å². The van der Waals surface area contributed by atoms with Crippen LogP contribution in [0.3, 0.4) is 0 Å². The lowest BCUT2D eigenvalue weighted by atomic mass is 9.94. The molecule has 0 amide bonds. The van der Waals surface area contributed by atoms with E-state index in [0.717, 1.165) is 77.2 Å². The van der Waals surface area contributed by atoms with Crippen molar-refractivity contribution in [2.75, 3.05) is 0 Å². The molecule has 0 radical (unpaired) electrons. The van der Waals surface area contributed by atoms with Crippen LogP contribution in [0.25, 0.3) is 82.1 Å². The molecule has 5 nitrogen and oxygen atoms in total. The van der Waals surface area contributed by atoms with E-state index < -0.39 is 0 Å². The maximum absolute atomic E-state index is 10.3. The largest absolute Gasteiger partial charge is 0.309 e. The molecular formula is C45H25N5. The van der Waals surface area contributed by atoms with Gasteiger partial charge in [-0.25, -0.2) is 4.85 Å². The fourth-order valence-corrected chi connectivity index (χ4v) is 7.41. The number of fused-ring (bicyclic) bond motifs is 6. The summed E-state index contributed by atoms with van der Waals surface area (Å²) in [6.45, 7) is 8.10. The molecule has 9 aromatic rings. The average Bonchev–Trinajstić information content (AvgIpc) is 3.70. The Hall–Kier alpha value is -7.39. The lowest BCUT2D eigenvalue weighted by Gasteiger charge is -2.16. The fraction of sp³-hybridized carbons (Fsp3) is 0. The highest BCUT2D eigenvalue weighted by Gasteiger charge is 2.19. The van der Waals surface area contributed by atoms with Crippen molar-refractivity contribution in [3.05, 3.63) is 174 Å². The van der Waals surface area contributed by atoms with Gasteiger partial charge in [0.1, 0.15) is 0 Å². The lowest BCUT2D eigenvalue weighted by molar-refractivity contribution is 1.18. The van der Waals surface area contributed by atoms with Gasteiger partial charge >= 0.3 is 0 Å². The zero-order valence-corrected chi connectivity index (χ0v) is 26.7. The second-order valence-electron chi connectivity index (χ2n) is 12.3. The molecule has 0 atom stereocenters. The number of hydrogen-bond acceptors (Lipinski definition) is 2. The van der Waals surface area contributed by atoms with Gasteiger partial charge in [0, 0.05) is 32.8 Å². The van der Waals surface area contributed by atoms with Crippen molar-refractivity contribution >= 4 is 49.3 Å². The van der Waals surface area contributed by atoms with Crippen molar-refractivity contribution in [2.45, 2.75) is 0 Å². The van der Waals surface area contributed by atoms with Crippen LogP contribution in [-0.2, 0) is 0 Å². The maximum atomic E-state index is 10.3. The molecule has 5 heteroatoms. The quantitative estimate of drug-likeness (QED) is 0.181. The van der Waals surface area contributed by atoms with Crippen LogP contribution >= 0.6 is 0 Å². The Morgan fingerprint density at radius 3 is 1.68 bits per heavy atom. The van der Waals surface area contributed by atoms with Crippen LogP contribution < -0.4 is 0 Å². The standard InChI is InChI=1S/C45H25N5/c1-48-40-20-19-33(49-42-15-7-3-11-35(42)36-12-4-8-16-43(36)49)26-38(40)32-23-30(28-47)22-31(25-32)34-10-2-6-14-41(34)50-44-17-9-5-13-37(44)39-24-29(27-46)18-21-45(39)50/h2-26H. The van der Waals surface area contributed by atoms with E-state index >= 15 is 0 Å². The predicted molar refractivity (Wildman–Crippen MR) is 202 cm³/mol. The summed E-state index contributed by atoms with van der Waals surface area (Å²) in [4.78, 5) is 3.92. The smallest absolute Gasteiger partial charge is 0.195 e. The van der Waals surface area contributed by atoms with Gasteiger partial charge in [0.25, 0.3) is 0 Å². The molecule has 0 fully saturated rings. The maximum Gasteiger partial charge on any atom is 0.195 e. The van der Waals surface area contributed by atoms with Crippen LogP contribution in [0.5, 0.6) is 0 Å². The number of para-hydroxylation sites is 4. The molecule has 0 bridgehead atoms. The van der Waals surface area contributed by atoms with Crippen LogP contribution in [0.15, 0.2) is 152 Å². The van der Waals surface area contributed by atoms with Crippen molar-refractivity contribution < 1.29 is 0 Å². The van der Waals surface area contributed by atoms with Gasteiger partial charge in [-0.2, -0.15) is 10.5 Å². The molecule has 0 aliphatic heterocycles. The van der Waals surface area contributed by atoms with Crippen LogP contribution in [0, 0.1) is 29.2 Å². The van der Waals surface area contributed by atoms with Crippen molar-refractivity contribution in [2.24, 2.45) is 0 Å². The minimum atomic E-state index is 0.506. The van der Waals surface area contributed by atoms with Gasteiger partial charge in [-0.1, -0.05) is 78.9 Å². The van der Waals surface area contributed by atoms with Crippen LogP contribution in [0.2, 0.25) is 0 Å². The van der Waals surface area contributed by atoms with Crippen molar-refractivity contribution in [3.8, 4) is 45.8 Å². The highest BCUT2D eigenvalue weighted by atomic mass is 15.0. The summed E-state index contributed by atoms with van der Waals surface area (Å²) in [5.74, 6) is 0. The summed E-state index contributed by atoms with van der Waals surface area (Å²) in [6, 6.07) is 55.4. The average molecular weight is 636 g/mol. The topological polar surface area (TPSA) is 61.8 Å². The SMILES string of the molecule is [C-]#[N+]c1ccc(-n2c3ccccc3c3ccccc32)cc1-c1cc(C#N)cc(-c2ccccc2-n2c3ccccc3c3cc(C#N)ccc32)c1. The molecule has 9 rings (SSSR count). The molecule has 7 aromatic carbocycles. The van der Waals surface area contributed by atoms with E-state index in [2.05, 4.69) is 98.9 Å². The fourth-order valence-electron chi connectivity index (χ4n) is 7.41. The molecule has 0 N–H and O–H groups in total. The van der Waals surface area contributed by atoms with Gasteiger partial charge in [0.05, 0.1) is 57.6 Å². The third-order valence-corrected chi connectivity index (χ3v) is 9.57. The lowest BCUT2D eigenvalue weighted by Crippen LogP contribution is -1.98. The van der Waals surface area contributed by atoms with E-state index in [0.29, 0.717) is 16.8 Å². The zero-order valence-electron chi connectivity index (χ0n) is 26.7. The molecule has 2 aromatic heterocycles. The van der Waals surface area contributed by atoms with Crippen molar-refractivity contribution in [1.29, 1.82) is 10.5 Å². The Morgan fingerprint density at radius 1 is 0.460 bits per heavy atom. The van der Waals surface area contributed by atoms with Gasteiger partial charge in [-0.05, 0) is 89.5 Å². The van der Waals surface area contributed by atoms with E-state index in [-0.39, 0.29) is 0 Å². The second kappa shape index (κ2) is 11.4. The first-order valence-electron chi connectivity index (χ1n) is 16.3. The summed E-state index contributed by atoms with van der Waals surface area (Å²) in [5, 5.41) is 24.3. The zero-order chi connectivity index (χ0) is 33.8. The molecule has 0 unspecified atom stereocenters. The first-order chi connectivity index (χ1) is 24.7. The van der Waals surface area contributed by atoms with E-state index in [9.17, 15) is 10.5 Å². The number of hydrogen-bond donors (Lipinski definition) is 0. The Balaban J connectivity index is 1.27. The summed E-state index contributed by atoms with van der Waals surface area (Å²) in [6.07, 6.45) is 0. The summed E-state index contributed by atoms with van der Waals surface area (Å²) >= 11 is 0. The van der Waals surface area contributed by atoms with E-state index in [1.54, 1.807) is 0 Å². The van der Waals surface area contributed by atoms with Gasteiger partial charge in [-0.15, -0.1) is 0 Å². The van der Waals surface area contributed by atoms with E-state index in [1.165, 1.54) is 0 Å². The monoisotopic (exact) mass is 635 g/mol. The Bertz CT molecular complexity index is 2920. The number of nitrogens with zero attached hydrogens (tertiary/aromatic N) is 5. The highest BCUT2D eigenvalue weighted by molar-refractivity contribution is 6.11. The number of nitriles is 2. The van der Waals surface area contributed by atoms with E-state index in [1.807, 2.05) is 78.9 Å². The summed E-state index contributed by atoms with van der Waals surface area (Å²) < 4.78 is 4.47. The predicted octanol–water partition coefficient (Wildman–Crippen LogP) is 11.5. The Labute approximate surface area is 288 Å². The minimum absolute atomic E-state index is 0.506. The van der Waals surface area contributed by atoms with Crippen LogP contribution in [0.1, 0.15) is 11.1 Å². The van der Waals surface area contributed by atoms with Gasteiger partial charge in [0.2, 0.25) is 0 Å². The number of benzene rings is 7. The third-order valence-electron chi connectivity index (χ3n) is 9.57. The number of rotatable bonds is 4. The minimum Gasteiger partial charge on any atom is -0.309 e. The van der Waals surface area contributed by atoms with Crippen molar-refractivity contribution in [1.82, 2.24) is 9.13 Å². The number of aromatic nitrogens is 2. The molecule has 0 aliphatic carbocycles. The second-order valence-corrected chi connectivity index (χ2v) is 12.3. The Morgan fingerprint density at radius 2 is 1.02 bits per heavy atom. The molecule has 0 aliphatic rings. The molecule has 230 valence electrons. The van der Waals surface area contributed by atoms with Crippen molar-refractivity contribution in [3.63, 3.8) is 0 Å². The van der Waals surface area contributed by atoms with Crippen LogP contribution in [0.4, 0.5) is 5.69 Å². The summed E-state index contributed by atoms with van der Waals surface area (Å²) in [7, 11) is 0. The van der Waals surface area contributed by atoms with E-state index in [4.69, 9.17) is 6.57 Å². The highest BCUT2D eigenvalue weighted by Crippen LogP contribution is 2.41. The van der Waals surface area contributed by atoms with Gasteiger partial charge in [0.15, 0.2) is 5.69 Å². The molecular weight excluding hydrogens is 611 g/mol. The Kier molecular flexibility index (Phi) is 6.56. The van der Waals surface area contributed by atoms with Gasteiger partial charge in [-0.3, -0.25) is 0 Å². The normalized spacial score (nSPS) is 11.1. The molecule has 0 saturated heterocycles. The molecule has 50 heavy (non-hydrogen) atoms. The van der Waals surface area contributed by atoms with Gasteiger partial charge < -0.3 is 9.13 Å². The first-order valence-corrected chi connectivity index (χ1v) is 16.3. The third kappa shape index (κ3) is 4.38. The molecule has 2 heterocycles.